The molecule has 0 aliphatic rings. The van der Waals surface area contributed by atoms with Crippen LogP contribution in [0.5, 0.6) is 0 Å². The maximum absolute atomic E-state index is 6.81. The van der Waals surface area contributed by atoms with Gasteiger partial charge in [-0.25, -0.2) is 15.0 Å². The summed E-state index contributed by atoms with van der Waals surface area (Å²) in [6.45, 7) is 0. The summed E-state index contributed by atoms with van der Waals surface area (Å²) in [5, 5.41) is 4.07. The van der Waals surface area contributed by atoms with Gasteiger partial charge in [0.15, 0.2) is 17.5 Å². The van der Waals surface area contributed by atoms with E-state index in [4.69, 9.17) is 19.4 Å². The van der Waals surface area contributed by atoms with Crippen LogP contribution in [0, 0.1) is 0 Å². The first kappa shape index (κ1) is 38.7. The molecule has 12 rings (SSSR count). The lowest BCUT2D eigenvalue weighted by Gasteiger charge is -2.26. The third-order valence-corrected chi connectivity index (χ3v) is 12.3. The Morgan fingerprint density at radius 3 is 1.32 bits per heavy atom. The molecule has 0 spiro atoms. The number of para-hydroxylation sites is 2. The Labute approximate surface area is 382 Å². The molecule has 66 heavy (non-hydrogen) atoms. The Morgan fingerprint density at radius 2 is 0.712 bits per heavy atom. The Balaban J connectivity index is 1.01. The second-order valence-electron chi connectivity index (χ2n) is 16.4. The number of rotatable bonds is 9. The maximum atomic E-state index is 6.81. The van der Waals surface area contributed by atoms with Crippen molar-refractivity contribution in [1.82, 2.24) is 15.0 Å². The minimum atomic E-state index is 0.572. The molecule has 0 atom stereocenters. The molecular formula is C61H40N4O. The molecule has 10 aromatic carbocycles. The van der Waals surface area contributed by atoms with Crippen LogP contribution < -0.4 is 4.90 Å². The second kappa shape index (κ2) is 16.6. The van der Waals surface area contributed by atoms with Crippen LogP contribution in [0.25, 0.3) is 100 Å². The van der Waals surface area contributed by atoms with Gasteiger partial charge >= 0.3 is 0 Å². The molecule has 0 saturated heterocycles. The van der Waals surface area contributed by atoms with Gasteiger partial charge in [-0.2, -0.15) is 0 Å². The quantitative estimate of drug-likeness (QED) is 0.145. The third-order valence-electron chi connectivity index (χ3n) is 12.3. The minimum absolute atomic E-state index is 0.572. The Morgan fingerprint density at radius 1 is 0.288 bits per heavy atom. The van der Waals surface area contributed by atoms with Gasteiger partial charge in [0.1, 0.15) is 11.2 Å². The molecule has 0 unspecified atom stereocenters. The van der Waals surface area contributed by atoms with Crippen molar-refractivity contribution in [3.63, 3.8) is 0 Å². The highest BCUT2D eigenvalue weighted by Gasteiger charge is 2.22. The van der Waals surface area contributed by atoms with Crippen LogP contribution in [0.1, 0.15) is 0 Å². The lowest BCUT2D eigenvalue weighted by atomic mass is 9.92. The molecule has 5 nitrogen and oxygen atoms in total. The summed E-state index contributed by atoms with van der Waals surface area (Å²) >= 11 is 0. The summed E-state index contributed by atoms with van der Waals surface area (Å²) in [5.74, 6) is 1.77. The molecule has 2 aromatic heterocycles. The molecule has 0 aliphatic carbocycles. The van der Waals surface area contributed by atoms with Crippen molar-refractivity contribution in [3.05, 3.63) is 243 Å². The smallest absolute Gasteiger partial charge is 0.164 e. The topological polar surface area (TPSA) is 55.1 Å². The highest BCUT2D eigenvalue weighted by molar-refractivity contribution is 6.22. The number of aromatic nitrogens is 3. The van der Waals surface area contributed by atoms with E-state index in [1.807, 2.05) is 48.5 Å². The van der Waals surface area contributed by atoms with Crippen LogP contribution in [-0.2, 0) is 0 Å². The second-order valence-corrected chi connectivity index (χ2v) is 16.4. The summed E-state index contributed by atoms with van der Waals surface area (Å²) in [6.07, 6.45) is 0. The van der Waals surface area contributed by atoms with Crippen molar-refractivity contribution >= 4 is 49.8 Å². The molecule has 12 aromatic rings. The summed E-state index contributed by atoms with van der Waals surface area (Å²) in [5.41, 5.74) is 14.4. The van der Waals surface area contributed by atoms with E-state index in [9.17, 15) is 0 Å². The van der Waals surface area contributed by atoms with Gasteiger partial charge in [-0.15, -0.1) is 0 Å². The highest BCUT2D eigenvalue weighted by Crippen LogP contribution is 2.44. The van der Waals surface area contributed by atoms with E-state index >= 15 is 0 Å². The fraction of sp³-hybridized carbons (Fsp3) is 0. The number of furan rings is 1. The van der Waals surface area contributed by atoms with Gasteiger partial charge in [-0.3, -0.25) is 0 Å². The predicted octanol–water partition coefficient (Wildman–Crippen LogP) is 16.4. The lowest BCUT2D eigenvalue weighted by Crippen LogP contribution is -2.09. The van der Waals surface area contributed by atoms with Crippen molar-refractivity contribution in [2.45, 2.75) is 0 Å². The Hall–Kier alpha value is -8.93. The summed E-state index contributed by atoms with van der Waals surface area (Å²) in [6, 6.07) is 84.6. The number of fused-ring (bicyclic) bond motifs is 5. The molecule has 0 N–H and O–H groups in total. The largest absolute Gasteiger partial charge is 0.455 e. The molecule has 0 radical (unpaired) electrons. The first-order valence-electron chi connectivity index (χ1n) is 22.2. The Bertz CT molecular complexity index is 3650. The third kappa shape index (κ3) is 7.15. The average molecular weight is 845 g/mol. The van der Waals surface area contributed by atoms with E-state index in [1.165, 1.54) is 11.1 Å². The number of nitrogens with zero attached hydrogens (tertiary/aromatic N) is 4. The van der Waals surface area contributed by atoms with E-state index < -0.39 is 0 Å². The van der Waals surface area contributed by atoms with Crippen molar-refractivity contribution in [2.24, 2.45) is 0 Å². The summed E-state index contributed by atoms with van der Waals surface area (Å²) < 4.78 is 6.81. The molecule has 0 fully saturated rings. The normalized spacial score (nSPS) is 11.3. The summed E-state index contributed by atoms with van der Waals surface area (Å²) in [4.78, 5) is 17.9. The number of benzene rings is 10. The minimum Gasteiger partial charge on any atom is -0.455 e. The summed E-state index contributed by atoms with van der Waals surface area (Å²) in [7, 11) is 0. The van der Waals surface area contributed by atoms with Gasteiger partial charge in [-0.1, -0.05) is 194 Å². The van der Waals surface area contributed by atoms with Crippen LogP contribution in [0.15, 0.2) is 247 Å². The standard InChI is InChI=1S/C61H40N4O/c1-5-16-41(17-6-1)43-28-30-47(31-29-43)60-62-59(46-20-9-3-10-21-46)63-61(64-60)53-26-15-25-52-54(40-55-51-24-13-14-27-56(51)66-58(55)57(52)53)45-34-38-50(39-35-45)65(48-22-11-4-12-23-48)49-36-32-44(33-37-49)42-18-7-2-8-19-42/h1-40H. The maximum Gasteiger partial charge on any atom is 0.164 e. The zero-order chi connectivity index (χ0) is 43.8. The number of anilines is 3. The highest BCUT2D eigenvalue weighted by atomic mass is 16.3. The van der Waals surface area contributed by atoms with Crippen LogP contribution >= 0.6 is 0 Å². The fourth-order valence-corrected chi connectivity index (χ4v) is 9.10. The fourth-order valence-electron chi connectivity index (χ4n) is 9.10. The molecule has 5 heteroatoms. The van der Waals surface area contributed by atoms with Crippen molar-refractivity contribution in [2.75, 3.05) is 4.90 Å². The van der Waals surface area contributed by atoms with Crippen molar-refractivity contribution in [3.8, 4) is 67.5 Å². The van der Waals surface area contributed by atoms with E-state index in [0.29, 0.717) is 17.5 Å². The molecule has 2 heterocycles. The zero-order valence-electron chi connectivity index (χ0n) is 35.8. The lowest BCUT2D eigenvalue weighted by molar-refractivity contribution is 0.673. The van der Waals surface area contributed by atoms with Gasteiger partial charge in [0.2, 0.25) is 0 Å². The molecule has 0 saturated carbocycles. The average Bonchev–Trinajstić information content (AvgIpc) is 3.78. The van der Waals surface area contributed by atoms with Gasteiger partial charge in [0.05, 0.1) is 0 Å². The number of hydrogen-bond acceptors (Lipinski definition) is 5. The van der Waals surface area contributed by atoms with Crippen LogP contribution in [0.4, 0.5) is 17.1 Å². The van der Waals surface area contributed by atoms with Crippen LogP contribution in [0.3, 0.4) is 0 Å². The van der Waals surface area contributed by atoms with E-state index in [1.54, 1.807) is 0 Å². The van der Waals surface area contributed by atoms with Gasteiger partial charge in [0, 0.05) is 49.9 Å². The first-order chi connectivity index (χ1) is 32.7. The molecule has 0 aliphatic heterocycles. The van der Waals surface area contributed by atoms with E-state index in [2.05, 4.69) is 199 Å². The monoisotopic (exact) mass is 844 g/mol. The van der Waals surface area contributed by atoms with Crippen LogP contribution in [0.2, 0.25) is 0 Å². The van der Waals surface area contributed by atoms with Gasteiger partial charge < -0.3 is 9.32 Å². The van der Waals surface area contributed by atoms with E-state index in [0.717, 1.165) is 88.7 Å². The molecular weight excluding hydrogens is 805 g/mol. The Kier molecular flexibility index (Phi) is 9.77. The zero-order valence-corrected chi connectivity index (χ0v) is 35.8. The van der Waals surface area contributed by atoms with Gasteiger partial charge in [-0.05, 0) is 87.3 Å². The van der Waals surface area contributed by atoms with Crippen molar-refractivity contribution < 1.29 is 4.42 Å². The SMILES string of the molecule is c1ccc(-c2ccc(-c3nc(-c4ccccc4)nc(-c4cccc5c(-c6ccc(N(c7ccccc7)c7ccc(-c8ccccc8)cc7)cc6)cc6c7ccccc7oc6c45)n3)cc2)cc1. The number of hydrogen-bond donors (Lipinski definition) is 0. The van der Waals surface area contributed by atoms with Crippen LogP contribution in [-0.4, -0.2) is 15.0 Å². The molecule has 0 bridgehead atoms. The van der Waals surface area contributed by atoms with Crippen molar-refractivity contribution in [1.29, 1.82) is 0 Å². The molecule has 310 valence electrons. The van der Waals surface area contributed by atoms with Gasteiger partial charge in [0.25, 0.3) is 0 Å². The molecule has 0 amide bonds. The first-order valence-corrected chi connectivity index (χ1v) is 22.2. The predicted molar refractivity (Wildman–Crippen MR) is 272 cm³/mol. The van der Waals surface area contributed by atoms with E-state index in [-0.39, 0.29) is 0 Å².